The van der Waals surface area contributed by atoms with Gasteiger partial charge in [-0.3, -0.25) is 9.80 Å². The lowest BCUT2D eigenvalue weighted by atomic mass is 9.91. The fourth-order valence-electron chi connectivity index (χ4n) is 6.05. The molecule has 0 radical (unpaired) electrons. The van der Waals surface area contributed by atoms with Gasteiger partial charge in [0.1, 0.15) is 23.8 Å². The Bertz CT molecular complexity index is 1200. The molecule has 0 aliphatic carbocycles. The van der Waals surface area contributed by atoms with Crippen LogP contribution >= 0.6 is 0 Å². The van der Waals surface area contributed by atoms with E-state index in [1.165, 1.54) is 27.8 Å². The minimum atomic E-state index is 0.186. The van der Waals surface area contributed by atoms with Crippen molar-refractivity contribution in [3.05, 3.63) is 94.5 Å². The first kappa shape index (κ1) is 22.6. The van der Waals surface area contributed by atoms with Crippen molar-refractivity contribution in [1.82, 2.24) is 9.80 Å². The van der Waals surface area contributed by atoms with Crippen LogP contribution in [-0.4, -0.2) is 55.5 Å². The van der Waals surface area contributed by atoms with Crippen molar-refractivity contribution in [2.45, 2.75) is 50.7 Å². The van der Waals surface area contributed by atoms with Gasteiger partial charge in [0, 0.05) is 37.8 Å². The van der Waals surface area contributed by atoms with Gasteiger partial charge in [-0.25, -0.2) is 0 Å². The maximum absolute atomic E-state index is 6.47. The van der Waals surface area contributed by atoms with Crippen molar-refractivity contribution in [3.8, 4) is 11.5 Å². The molecule has 0 bridgehead atoms. The first-order valence-electron chi connectivity index (χ1n) is 12.7. The molecule has 3 unspecified atom stereocenters. The molecular weight excluding hydrogens is 436 g/mol. The second-order valence-corrected chi connectivity index (χ2v) is 9.88. The molecule has 35 heavy (non-hydrogen) atoms. The van der Waals surface area contributed by atoms with Gasteiger partial charge < -0.3 is 14.2 Å². The summed E-state index contributed by atoms with van der Waals surface area (Å²) in [5.74, 6) is 1.97. The highest BCUT2D eigenvalue weighted by Crippen LogP contribution is 2.39. The van der Waals surface area contributed by atoms with E-state index < -0.39 is 0 Å². The summed E-state index contributed by atoms with van der Waals surface area (Å²) in [4.78, 5) is 5.15. The third-order valence-corrected chi connectivity index (χ3v) is 7.96. The van der Waals surface area contributed by atoms with Crippen molar-refractivity contribution in [1.29, 1.82) is 0 Å². The third-order valence-electron chi connectivity index (χ3n) is 7.96. The molecule has 3 atom stereocenters. The van der Waals surface area contributed by atoms with Gasteiger partial charge in [-0.2, -0.15) is 0 Å². The van der Waals surface area contributed by atoms with Crippen molar-refractivity contribution >= 4 is 0 Å². The molecule has 3 aromatic rings. The molecule has 5 heteroatoms. The normalized spacial score (nSPS) is 24.2. The number of hydrogen-bond donors (Lipinski definition) is 0. The van der Waals surface area contributed by atoms with Crippen molar-refractivity contribution in [2.24, 2.45) is 0 Å². The number of epoxide rings is 1. The van der Waals surface area contributed by atoms with E-state index in [0.29, 0.717) is 6.04 Å². The lowest BCUT2D eigenvalue weighted by Crippen LogP contribution is -2.45. The molecule has 3 aromatic carbocycles. The minimum Gasteiger partial charge on any atom is -0.496 e. The molecule has 3 aliphatic rings. The van der Waals surface area contributed by atoms with Crippen molar-refractivity contribution < 1.29 is 14.2 Å². The standard InChI is InChI=1S/C30H34N2O3/c1-33-27-12-6-5-10-24(27)20-32-19-23-9-4-3-8-22(23)18-26(32)29-30(35-29)31-16-14-21-11-7-13-28(34-2)25(21)15-17-31/h3-13,26,29-30H,14-20H2,1-2H3. The molecule has 0 N–H and O–H groups in total. The molecule has 6 rings (SSSR count). The second-order valence-electron chi connectivity index (χ2n) is 9.88. The quantitative estimate of drug-likeness (QED) is 0.498. The Balaban J connectivity index is 1.21. The summed E-state index contributed by atoms with van der Waals surface area (Å²) in [6, 6.07) is 24.0. The second kappa shape index (κ2) is 9.65. The third kappa shape index (κ3) is 4.44. The largest absolute Gasteiger partial charge is 0.496 e. The molecular formula is C30H34N2O3. The maximum atomic E-state index is 6.47. The Hall–Kier alpha value is -2.86. The average molecular weight is 471 g/mol. The van der Waals surface area contributed by atoms with Gasteiger partial charge in [-0.1, -0.05) is 54.6 Å². The number of rotatable bonds is 6. The predicted molar refractivity (Wildman–Crippen MR) is 137 cm³/mol. The first-order valence-corrected chi connectivity index (χ1v) is 12.7. The van der Waals surface area contributed by atoms with Crippen LogP contribution in [0.5, 0.6) is 11.5 Å². The first-order chi connectivity index (χ1) is 17.2. The van der Waals surface area contributed by atoms with E-state index in [4.69, 9.17) is 14.2 Å². The Labute approximate surface area is 208 Å². The highest BCUT2D eigenvalue weighted by Gasteiger charge is 2.51. The molecule has 5 nitrogen and oxygen atoms in total. The molecule has 0 spiro atoms. The predicted octanol–water partition coefficient (Wildman–Crippen LogP) is 4.46. The maximum Gasteiger partial charge on any atom is 0.139 e. The molecule has 0 amide bonds. The number of ether oxygens (including phenoxy) is 3. The fourth-order valence-corrected chi connectivity index (χ4v) is 6.05. The zero-order valence-electron chi connectivity index (χ0n) is 20.7. The Morgan fingerprint density at radius 3 is 2.37 bits per heavy atom. The lowest BCUT2D eigenvalue weighted by Gasteiger charge is -2.37. The summed E-state index contributed by atoms with van der Waals surface area (Å²) < 4.78 is 17.8. The van der Waals surface area contributed by atoms with Crippen LogP contribution < -0.4 is 9.47 Å². The molecule has 1 saturated heterocycles. The van der Waals surface area contributed by atoms with Crippen LogP contribution in [0, 0.1) is 0 Å². The summed E-state index contributed by atoms with van der Waals surface area (Å²) in [6.07, 6.45) is 3.47. The van der Waals surface area contributed by atoms with Crippen LogP contribution in [0.3, 0.4) is 0 Å². The molecule has 0 aromatic heterocycles. The van der Waals surface area contributed by atoms with E-state index in [-0.39, 0.29) is 12.3 Å². The van der Waals surface area contributed by atoms with Gasteiger partial charge in [0.05, 0.1) is 14.2 Å². The number of hydrogen-bond acceptors (Lipinski definition) is 5. The monoisotopic (exact) mass is 470 g/mol. The van der Waals surface area contributed by atoms with E-state index in [2.05, 4.69) is 70.5 Å². The SMILES string of the molecule is COc1ccccc1CN1Cc2ccccc2CC1C1OC1N1CCc2cccc(OC)c2CC1. The zero-order valence-corrected chi connectivity index (χ0v) is 20.7. The van der Waals surface area contributed by atoms with Gasteiger partial charge in [-0.05, 0) is 53.6 Å². The summed E-state index contributed by atoms with van der Waals surface area (Å²) in [5, 5.41) is 0. The van der Waals surface area contributed by atoms with Crippen molar-refractivity contribution in [2.75, 3.05) is 27.3 Å². The number of methoxy groups -OCH3 is 2. The number of nitrogens with zero attached hydrogens (tertiary/aromatic N) is 2. The average Bonchev–Trinajstić information content (AvgIpc) is 3.71. The van der Waals surface area contributed by atoms with E-state index in [1.54, 1.807) is 14.2 Å². The minimum absolute atomic E-state index is 0.186. The summed E-state index contributed by atoms with van der Waals surface area (Å²) >= 11 is 0. The number of benzene rings is 3. The van der Waals surface area contributed by atoms with Crippen LogP contribution in [0.15, 0.2) is 66.7 Å². The van der Waals surface area contributed by atoms with E-state index in [9.17, 15) is 0 Å². The van der Waals surface area contributed by atoms with Crippen molar-refractivity contribution in [3.63, 3.8) is 0 Å². The molecule has 1 fully saturated rings. The zero-order chi connectivity index (χ0) is 23.8. The molecule has 182 valence electrons. The van der Waals surface area contributed by atoms with E-state index in [0.717, 1.165) is 56.9 Å². The Morgan fingerprint density at radius 2 is 1.51 bits per heavy atom. The lowest BCUT2D eigenvalue weighted by molar-refractivity contribution is 0.130. The summed E-state index contributed by atoms with van der Waals surface area (Å²) in [7, 11) is 3.53. The summed E-state index contributed by atoms with van der Waals surface area (Å²) in [5.41, 5.74) is 6.88. The van der Waals surface area contributed by atoms with Crippen LogP contribution in [-0.2, 0) is 37.1 Å². The Morgan fingerprint density at radius 1 is 0.800 bits per heavy atom. The van der Waals surface area contributed by atoms with Crippen LogP contribution in [0.4, 0.5) is 0 Å². The molecule has 3 aliphatic heterocycles. The van der Waals surface area contributed by atoms with Gasteiger partial charge in [-0.15, -0.1) is 0 Å². The smallest absolute Gasteiger partial charge is 0.139 e. The van der Waals surface area contributed by atoms with Gasteiger partial charge in [0.2, 0.25) is 0 Å². The highest BCUT2D eigenvalue weighted by molar-refractivity contribution is 5.41. The molecule has 3 heterocycles. The van der Waals surface area contributed by atoms with Crippen LogP contribution in [0.2, 0.25) is 0 Å². The van der Waals surface area contributed by atoms with Crippen LogP contribution in [0.1, 0.15) is 27.8 Å². The van der Waals surface area contributed by atoms with Crippen LogP contribution in [0.25, 0.3) is 0 Å². The van der Waals surface area contributed by atoms with E-state index >= 15 is 0 Å². The summed E-state index contributed by atoms with van der Waals surface area (Å²) in [6.45, 7) is 3.83. The Kier molecular flexibility index (Phi) is 6.23. The fraction of sp³-hybridized carbons (Fsp3) is 0.400. The topological polar surface area (TPSA) is 37.5 Å². The molecule has 0 saturated carbocycles. The van der Waals surface area contributed by atoms with Gasteiger partial charge in [0.25, 0.3) is 0 Å². The van der Waals surface area contributed by atoms with Gasteiger partial charge in [0.15, 0.2) is 0 Å². The van der Waals surface area contributed by atoms with Gasteiger partial charge >= 0.3 is 0 Å². The highest BCUT2D eigenvalue weighted by atomic mass is 16.6. The number of para-hydroxylation sites is 1. The number of fused-ring (bicyclic) bond motifs is 2. The van der Waals surface area contributed by atoms with E-state index in [1.807, 2.05) is 6.07 Å².